The number of rotatable bonds is 18. The van der Waals surface area contributed by atoms with E-state index >= 15 is 0 Å². The van der Waals surface area contributed by atoms with Crippen LogP contribution in [-0.4, -0.2) is 12.5 Å². The zero-order chi connectivity index (χ0) is 29.5. The lowest BCUT2D eigenvalue weighted by Gasteiger charge is -2.23. The largest absolute Gasteiger partial charge is 0.493 e. The fourth-order valence-electron chi connectivity index (χ4n) is 5.12. The first kappa shape index (κ1) is 32.8. The summed E-state index contributed by atoms with van der Waals surface area (Å²) >= 11 is 1.71. The number of nitrogens with zero attached hydrogens (tertiary/aromatic N) is 1. The molecule has 1 heterocycles. The highest BCUT2D eigenvalue weighted by Gasteiger charge is 2.21. The predicted octanol–water partition coefficient (Wildman–Crippen LogP) is 10.0. The van der Waals surface area contributed by atoms with Crippen LogP contribution >= 0.6 is 11.3 Å². The lowest BCUT2D eigenvalue weighted by Crippen LogP contribution is -2.34. The van der Waals surface area contributed by atoms with E-state index in [1.165, 1.54) is 81.9 Å². The molecule has 0 bridgehead atoms. The lowest BCUT2D eigenvalue weighted by molar-refractivity contribution is -0.689. The van der Waals surface area contributed by atoms with Crippen LogP contribution in [0.3, 0.4) is 0 Å². The third-order valence-electron chi connectivity index (χ3n) is 7.75. The predicted molar refractivity (Wildman–Crippen MR) is 174 cm³/mol. The molecule has 41 heavy (non-hydrogen) atoms. The van der Waals surface area contributed by atoms with Crippen molar-refractivity contribution >= 4 is 22.9 Å². The van der Waals surface area contributed by atoms with Crippen LogP contribution in [0.15, 0.2) is 53.4 Å². The number of thiazole rings is 1. The van der Waals surface area contributed by atoms with Gasteiger partial charge in [0.1, 0.15) is 5.75 Å². The van der Waals surface area contributed by atoms with Crippen LogP contribution in [0, 0.1) is 6.92 Å². The molecule has 0 radical (unpaired) electrons. The first-order valence-corrected chi connectivity index (χ1v) is 16.8. The maximum Gasteiger partial charge on any atom is 0.255 e. The highest BCUT2D eigenvalue weighted by molar-refractivity contribution is 7.07. The summed E-state index contributed by atoms with van der Waals surface area (Å²) in [6.07, 6.45) is 16.0. The van der Waals surface area contributed by atoms with Crippen molar-refractivity contribution in [3.8, 4) is 5.75 Å². The molecular formula is C36H53N2O2S+. The fraction of sp³-hybridized carbons (Fsp3) is 0.556. The Bertz CT molecular complexity index is 1180. The quantitative estimate of drug-likeness (QED) is 0.121. The van der Waals surface area contributed by atoms with Crippen molar-refractivity contribution in [2.24, 2.45) is 0 Å². The van der Waals surface area contributed by atoms with Gasteiger partial charge in [-0.25, -0.2) is 0 Å². The number of carbonyl (C=O) groups is 1. The molecule has 5 heteroatoms. The minimum atomic E-state index is -0.124. The lowest BCUT2D eigenvalue weighted by atomic mass is 9.85. The Morgan fingerprint density at radius 2 is 1.46 bits per heavy atom. The number of nitrogens with one attached hydrogen (secondary N) is 1. The van der Waals surface area contributed by atoms with Gasteiger partial charge in [0.25, 0.3) is 5.91 Å². The number of aromatic nitrogens is 1. The summed E-state index contributed by atoms with van der Waals surface area (Å²) in [6, 6.07) is 14.0. The standard InChI is InChI=1S/C36H52N2O2S/c1-6-7-8-9-10-11-12-13-14-15-16-17-24-40-34-23-20-31(25-33(34)36(3,4)5)35(39)37-32-21-18-30(19-22-32)26-38-28-41-27-29(38)2/h18-23,25,27-28H,6-17,24,26H2,1-5H3/p+1. The summed E-state index contributed by atoms with van der Waals surface area (Å²) in [5.74, 6) is 0.793. The number of anilines is 1. The van der Waals surface area contributed by atoms with Gasteiger partial charge in [0.2, 0.25) is 5.51 Å². The Balaban J connectivity index is 1.43. The Kier molecular flexibility index (Phi) is 13.9. The number of ether oxygens (including phenoxy) is 1. The molecule has 0 spiro atoms. The van der Waals surface area contributed by atoms with Crippen molar-refractivity contribution in [1.29, 1.82) is 0 Å². The number of unbranched alkanes of at least 4 members (excludes halogenated alkanes) is 11. The molecule has 1 amide bonds. The zero-order valence-corrected chi connectivity index (χ0v) is 27.1. The minimum absolute atomic E-state index is 0.0983. The second-order valence-corrected chi connectivity index (χ2v) is 13.2. The molecule has 0 saturated heterocycles. The van der Waals surface area contributed by atoms with E-state index in [9.17, 15) is 4.79 Å². The molecular weight excluding hydrogens is 524 g/mol. The molecule has 0 aliphatic carbocycles. The van der Waals surface area contributed by atoms with Crippen molar-refractivity contribution in [3.63, 3.8) is 0 Å². The van der Waals surface area contributed by atoms with Gasteiger partial charge in [0.15, 0.2) is 12.2 Å². The molecule has 2 aromatic carbocycles. The number of aryl methyl sites for hydroxylation is 1. The van der Waals surface area contributed by atoms with Gasteiger partial charge in [-0.3, -0.25) is 4.79 Å². The van der Waals surface area contributed by atoms with Gasteiger partial charge in [0.05, 0.1) is 12.0 Å². The van der Waals surface area contributed by atoms with E-state index in [4.69, 9.17) is 4.74 Å². The van der Waals surface area contributed by atoms with Crippen molar-refractivity contribution in [1.82, 2.24) is 0 Å². The van der Waals surface area contributed by atoms with Gasteiger partial charge >= 0.3 is 0 Å². The van der Waals surface area contributed by atoms with Crippen molar-refractivity contribution in [2.75, 3.05) is 11.9 Å². The van der Waals surface area contributed by atoms with Crippen LogP contribution in [0.5, 0.6) is 5.75 Å². The number of hydrogen-bond donors (Lipinski definition) is 1. The number of benzene rings is 2. The van der Waals surface area contributed by atoms with Crippen LogP contribution in [0.1, 0.15) is 132 Å². The average Bonchev–Trinajstić information content (AvgIpc) is 3.35. The van der Waals surface area contributed by atoms with Crippen LogP contribution in [-0.2, 0) is 12.0 Å². The summed E-state index contributed by atoms with van der Waals surface area (Å²) < 4.78 is 8.47. The Labute approximate surface area is 253 Å². The van der Waals surface area contributed by atoms with Crippen LogP contribution in [0.25, 0.3) is 0 Å². The minimum Gasteiger partial charge on any atom is -0.493 e. The molecule has 0 saturated carbocycles. The van der Waals surface area contributed by atoms with Crippen LogP contribution in [0.4, 0.5) is 5.69 Å². The highest BCUT2D eigenvalue weighted by atomic mass is 32.1. The number of hydrogen-bond acceptors (Lipinski definition) is 3. The van der Waals surface area contributed by atoms with Gasteiger partial charge < -0.3 is 10.1 Å². The van der Waals surface area contributed by atoms with Crippen LogP contribution < -0.4 is 14.6 Å². The number of carbonyl (C=O) groups excluding carboxylic acids is 1. The maximum atomic E-state index is 13.1. The molecule has 0 aliphatic rings. The summed E-state index contributed by atoms with van der Waals surface area (Å²) in [5, 5.41) is 5.21. The monoisotopic (exact) mass is 577 g/mol. The van der Waals surface area contributed by atoms with Gasteiger partial charge in [-0.1, -0.05) is 122 Å². The number of amides is 1. The second-order valence-electron chi connectivity index (χ2n) is 12.5. The van der Waals surface area contributed by atoms with Crippen molar-refractivity contribution in [2.45, 2.75) is 124 Å². The first-order chi connectivity index (χ1) is 19.8. The van der Waals surface area contributed by atoms with E-state index in [0.29, 0.717) is 5.56 Å². The van der Waals surface area contributed by atoms with Crippen LogP contribution in [0.2, 0.25) is 0 Å². The molecule has 0 atom stereocenters. The second kappa shape index (κ2) is 17.3. The smallest absolute Gasteiger partial charge is 0.255 e. The molecule has 1 N–H and O–H groups in total. The van der Waals surface area contributed by atoms with E-state index in [1.807, 2.05) is 30.3 Å². The molecule has 224 valence electrons. The van der Waals surface area contributed by atoms with Crippen molar-refractivity contribution in [3.05, 3.63) is 75.7 Å². The Morgan fingerprint density at radius 1 is 0.854 bits per heavy atom. The average molecular weight is 578 g/mol. The third-order valence-corrected chi connectivity index (χ3v) is 8.60. The summed E-state index contributed by atoms with van der Waals surface area (Å²) in [5.41, 5.74) is 6.99. The van der Waals surface area contributed by atoms with E-state index in [1.54, 1.807) is 11.3 Å². The summed E-state index contributed by atoms with van der Waals surface area (Å²) in [7, 11) is 0. The zero-order valence-electron chi connectivity index (χ0n) is 26.3. The van der Waals surface area contributed by atoms with Gasteiger partial charge in [0, 0.05) is 29.3 Å². The van der Waals surface area contributed by atoms with E-state index < -0.39 is 0 Å². The van der Waals surface area contributed by atoms with Gasteiger partial charge in [-0.2, -0.15) is 4.57 Å². The van der Waals surface area contributed by atoms with E-state index in [-0.39, 0.29) is 11.3 Å². The maximum absolute atomic E-state index is 13.1. The highest BCUT2D eigenvalue weighted by Crippen LogP contribution is 2.33. The molecule has 0 aliphatic heterocycles. The van der Waals surface area contributed by atoms with E-state index in [0.717, 1.165) is 36.6 Å². The van der Waals surface area contributed by atoms with Crippen molar-refractivity contribution < 1.29 is 14.1 Å². The Morgan fingerprint density at radius 3 is 2.02 bits per heavy atom. The van der Waals surface area contributed by atoms with Gasteiger partial charge in [-0.05, 0) is 42.2 Å². The molecule has 0 fully saturated rings. The normalized spacial score (nSPS) is 11.5. The van der Waals surface area contributed by atoms with Gasteiger partial charge in [-0.15, -0.1) is 0 Å². The fourth-order valence-corrected chi connectivity index (χ4v) is 5.90. The molecule has 3 aromatic rings. The molecule has 3 rings (SSSR count). The summed E-state index contributed by atoms with van der Waals surface area (Å²) in [6.45, 7) is 12.5. The third kappa shape index (κ3) is 11.6. The SMILES string of the molecule is CCCCCCCCCCCCCCOc1ccc(C(=O)Nc2ccc(C[n+]3cscc3C)cc2)cc1C(C)(C)C. The Hall–Kier alpha value is -2.66. The first-order valence-electron chi connectivity index (χ1n) is 15.9. The van der Waals surface area contributed by atoms with E-state index in [2.05, 4.69) is 67.5 Å². The summed E-state index contributed by atoms with van der Waals surface area (Å²) in [4.78, 5) is 13.1. The molecule has 1 aromatic heterocycles. The molecule has 4 nitrogen and oxygen atoms in total. The molecule has 0 unspecified atom stereocenters. The topological polar surface area (TPSA) is 42.2 Å².